The van der Waals surface area contributed by atoms with Gasteiger partial charge in [0.25, 0.3) is 0 Å². The van der Waals surface area contributed by atoms with Gasteiger partial charge in [0.05, 0.1) is 16.1 Å². The molecule has 0 aromatic heterocycles. The van der Waals surface area contributed by atoms with Gasteiger partial charge < -0.3 is 0 Å². The Morgan fingerprint density at radius 3 is 1.95 bits per heavy atom. The summed E-state index contributed by atoms with van der Waals surface area (Å²) in [7, 11) is 0. The molecule has 196 valence electrons. The van der Waals surface area contributed by atoms with Crippen molar-refractivity contribution < 1.29 is 30.7 Å². The first-order valence-electron chi connectivity index (χ1n) is 11.7. The molecule has 6 rings (SSSR count). The molecule has 0 N–H and O–H groups in total. The van der Waals surface area contributed by atoms with Gasteiger partial charge in [-0.15, -0.1) is 0 Å². The molecule has 11 heteroatoms. The maximum absolute atomic E-state index is 15.0. The summed E-state index contributed by atoms with van der Waals surface area (Å²) < 4.78 is 98.1. The molecule has 0 heterocycles. The largest absolute Gasteiger partial charge is 0.412 e. The van der Waals surface area contributed by atoms with Crippen molar-refractivity contribution in [2.24, 2.45) is 9.98 Å². The van der Waals surface area contributed by atoms with E-state index in [1.807, 2.05) is 0 Å². The van der Waals surface area contributed by atoms with Crippen LogP contribution in [0.4, 0.5) is 30.7 Å². The smallest absolute Gasteiger partial charge is 0.203 e. The number of halogens is 7. The van der Waals surface area contributed by atoms with E-state index in [-0.39, 0.29) is 34.4 Å². The van der Waals surface area contributed by atoms with E-state index in [9.17, 15) is 41.3 Å². The number of allylic oxidation sites excluding steroid dienone is 4. The third-order valence-electron chi connectivity index (χ3n) is 7.13. The minimum Gasteiger partial charge on any atom is -0.203 e. The number of fused-ring (bicyclic) bond motifs is 6. The molecule has 0 saturated carbocycles. The van der Waals surface area contributed by atoms with Crippen molar-refractivity contribution in [3.05, 3.63) is 87.6 Å². The molecule has 0 atom stereocenters. The summed E-state index contributed by atoms with van der Waals surface area (Å²) in [4.78, 5) is 7.43. The van der Waals surface area contributed by atoms with Crippen LogP contribution in [0, 0.1) is 46.2 Å². The molecule has 0 saturated heterocycles. The molecule has 0 aliphatic heterocycles. The van der Waals surface area contributed by atoms with E-state index in [2.05, 4.69) is 9.98 Å². The molecule has 40 heavy (non-hydrogen) atoms. The predicted molar refractivity (Wildman–Crippen MR) is 132 cm³/mol. The number of alkyl halides is 3. The van der Waals surface area contributed by atoms with Gasteiger partial charge >= 0.3 is 6.18 Å². The third kappa shape index (κ3) is 3.51. The van der Waals surface area contributed by atoms with E-state index in [4.69, 9.17) is 0 Å². The second kappa shape index (κ2) is 8.75. The van der Waals surface area contributed by atoms with E-state index < -0.39 is 51.1 Å². The van der Waals surface area contributed by atoms with Crippen molar-refractivity contribution in [2.45, 2.75) is 19.0 Å². The first kappa shape index (κ1) is 25.3. The standard InChI is InChI=1S/C29H11F7N4/c30-23-21-17-9-19-16(8-20(17)28(40-11-38)22(21)24(31)26(33)25(23)32)15-5-4-13(7-18(15)27(19)39-10-37)12-2-1-3-14(6-12)29(34,35)36/h2,4-9H,1,3H2. The van der Waals surface area contributed by atoms with Crippen LogP contribution < -0.4 is 10.7 Å². The van der Waals surface area contributed by atoms with Crippen LogP contribution in [0.5, 0.6) is 0 Å². The Bertz CT molecular complexity index is 2220. The van der Waals surface area contributed by atoms with Crippen molar-refractivity contribution in [3.63, 3.8) is 0 Å². The van der Waals surface area contributed by atoms with Crippen LogP contribution >= 0.6 is 0 Å². The lowest BCUT2D eigenvalue weighted by atomic mass is 9.93. The SMILES string of the molecule is N#CN=c1c2cc(C3=CCCC(C(F)(F)F)=C3)ccc2c2cc3c(=NC#N)c4c(F)c(F)c(F)c(F)c4c3cc12. The Balaban J connectivity index is 1.73. The molecule has 0 unspecified atom stereocenters. The van der Waals surface area contributed by atoms with E-state index in [0.717, 1.165) is 6.08 Å². The molecule has 0 fully saturated rings. The van der Waals surface area contributed by atoms with Crippen LogP contribution in [0.3, 0.4) is 0 Å². The highest BCUT2D eigenvalue weighted by Gasteiger charge is 2.34. The maximum atomic E-state index is 15.0. The second-order valence-corrected chi connectivity index (χ2v) is 9.20. The Hall–Kier alpha value is -5.03. The summed E-state index contributed by atoms with van der Waals surface area (Å²) >= 11 is 0. The summed E-state index contributed by atoms with van der Waals surface area (Å²) in [5.74, 6) is -7.47. The average Bonchev–Trinajstić information content (AvgIpc) is 3.41. The van der Waals surface area contributed by atoms with Gasteiger partial charge in [-0.05, 0) is 64.4 Å². The lowest BCUT2D eigenvalue weighted by Gasteiger charge is -2.16. The van der Waals surface area contributed by atoms with Crippen molar-refractivity contribution >= 4 is 48.7 Å². The minimum absolute atomic E-state index is 0.0269. The van der Waals surface area contributed by atoms with Crippen LogP contribution in [-0.4, -0.2) is 6.18 Å². The van der Waals surface area contributed by atoms with Gasteiger partial charge in [0.15, 0.2) is 23.3 Å². The number of hydrogen-bond acceptors (Lipinski definition) is 4. The highest BCUT2D eigenvalue weighted by molar-refractivity contribution is 6.21. The summed E-state index contributed by atoms with van der Waals surface area (Å²) in [6.45, 7) is 0. The highest BCUT2D eigenvalue weighted by atomic mass is 19.4. The third-order valence-corrected chi connectivity index (χ3v) is 7.13. The molecule has 4 nitrogen and oxygen atoms in total. The van der Waals surface area contributed by atoms with Crippen molar-refractivity contribution in [1.29, 1.82) is 10.5 Å². The molecule has 0 amide bonds. The zero-order chi connectivity index (χ0) is 28.5. The number of hydrogen-bond donors (Lipinski definition) is 0. The summed E-state index contributed by atoms with van der Waals surface area (Å²) in [6, 6.07) is 7.52. The first-order valence-corrected chi connectivity index (χ1v) is 11.7. The Morgan fingerprint density at radius 2 is 1.27 bits per heavy atom. The average molecular weight is 548 g/mol. The fraction of sp³-hybridized carbons (Fsp3) is 0.103. The van der Waals surface area contributed by atoms with E-state index >= 15 is 0 Å². The monoisotopic (exact) mass is 548 g/mol. The number of nitrogens with zero attached hydrogens (tertiary/aromatic N) is 4. The molecule has 5 aromatic carbocycles. The van der Waals surface area contributed by atoms with Gasteiger partial charge in [-0.1, -0.05) is 18.2 Å². The second-order valence-electron chi connectivity index (χ2n) is 9.20. The number of rotatable bonds is 1. The molecule has 5 aromatic rings. The molecule has 1 aliphatic carbocycles. The quantitative estimate of drug-likeness (QED) is 0.0965. The Morgan fingerprint density at radius 1 is 0.675 bits per heavy atom. The zero-order valence-corrected chi connectivity index (χ0v) is 19.9. The molecular formula is C29H11F7N4. The summed E-state index contributed by atoms with van der Waals surface area (Å²) in [6.07, 6.45) is 1.44. The van der Waals surface area contributed by atoms with Gasteiger partial charge in [-0.25, -0.2) is 17.6 Å². The molecule has 1 aliphatic rings. The molecule has 0 radical (unpaired) electrons. The number of nitriles is 2. The van der Waals surface area contributed by atoms with Gasteiger partial charge in [0, 0.05) is 27.1 Å². The lowest BCUT2D eigenvalue weighted by Crippen LogP contribution is -2.13. The maximum Gasteiger partial charge on any atom is 0.412 e. The molecular weight excluding hydrogens is 537 g/mol. The van der Waals surface area contributed by atoms with Gasteiger partial charge in [-0.3, -0.25) is 0 Å². The van der Waals surface area contributed by atoms with Gasteiger partial charge in [-0.2, -0.15) is 33.7 Å². The Labute approximate surface area is 219 Å². The van der Waals surface area contributed by atoms with Gasteiger partial charge in [0.1, 0.15) is 0 Å². The minimum atomic E-state index is -4.48. The van der Waals surface area contributed by atoms with Crippen LogP contribution in [0.25, 0.3) is 48.7 Å². The van der Waals surface area contributed by atoms with Crippen LogP contribution in [-0.2, 0) is 0 Å². The Kier molecular flexibility index (Phi) is 5.52. The normalized spacial score (nSPS) is 15.2. The summed E-state index contributed by atoms with van der Waals surface area (Å²) in [5.41, 5.74) is 0.106. The lowest BCUT2D eigenvalue weighted by molar-refractivity contribution is -0.0939. The van der Waals surface area contributed by atoms with Crippen LogP contribution in [0.1, 0.15) is 18.4 Å². The van der Waals surface area contributed by atoms with Crippen LogP contribution in [0.2, 0.25) is 0 Å². The topological polar surface area (TPSA) is 72.3 Å². The first-order chi connectivity index (χ1) is 19.1. The van der Waals surface area contributed by atoms with Crippen LogP contribution in [0.15, 0.2) is 58.0 Å². The molecule has 0 bridgehead atoms. The van der Waals surface area contributed by atoms with E-state index in [0.29, 0.717) is 27.3 Å². The van der Waals surface area contributed by atoms with Crippen molar-refractivity contribution in [2.75, 3.05) is 0 Å². The van der Waals surface area contributed by atoms with E-state index in [1.165, 1.54) is 18.3 Å². The zero-order valence-electron chi connectivity index (χ0n) is 19.9. The van der Waals surface area contributed by atoms with Crippen molar-refractivity contribution in [3.8, 4) is 12.4 Å². The van der Waals surface area contributed by atoms with Crippen molar-refractivity contribution in [1.82, 2.24) is 0 Å². The fourth-order valence-electron chi connectivity index (χ4n) is 5.43. The van der Waals surface area contributed by atoms with Gasteiger partial charge in [0.2, 0.25) is 12.4 Å². The predicted octanol–water partition coefficient (Wildman–Crippen LogP) is 7.16. The number of benzene rings is 3. The molecule has 0 spiro atoms. The fourth-order valence-corrected chi connectivity index (χ4v) is 5.43. The highest BCUT2D eigenvalue weighted by Crippen LogP contribution is 2.38. The summed E-state index contributed by atoms with van der Waals surface area (Å²) in [5, 5.41) is 18.5. The van der Waals surface area contributed by atoms with E-state index in [1.54, 1.807) is 30.5 Å².